The van der Waals surface area contributed by atoms with Gasteiger partial charge >= 0.3 is 0 Å². The zero-order chi connectivity index (χ0) is 9.68. The van der Waals surface area contributed by atoms with Crippen LogP contribution in [0.1, 0.15) is 30.4 Å². The molecule has 0 aliphatic carbocycles. The summed E-state index contributed by atoms with van der Waals surface area (Å²) in [6.45, 7) is 2.69. The van der Waals surface area contributed by atoms with Crippen molar-refractivity contribution in [2.75, 3.05) is 13.6 Å². The van der Waals surface area contributed by atoms with E-state index < -0.39 is 0 Å². The first-order valence-corrected chi connectivity index (χ1v) is 4.71. The van der Waals surface area contributed by atoms with Crippen LogP contribution >= 0.6 is 0 Å². The molecular formula is C10H18N2O. The third-order valence-corrected chi connectivity index (χ3v) is 2.15. The van der Waals surface area contributed by atoms with Crippen molar-refractivity contribution in [2.45, 2.75) is 25.8 Å². The summed E-state index contributed by atoms with van der Waals surface area (Å²) in [6.07, 6.45) is 2.05. The molecule has 1 atom stereocenters. The summed E-state index contributed by atoms with van der Waals surface area (Å²) < 4.78 is 5.53. The Bertz CT molecular complexity index is 245. The van der Waals surface area contributed by atoms with E-state index in [9.17, 15) is 0 Å². The fraction of sp³-hybridized carbons (Fsp3) is 0.600. The van der Waals surface area contributed by atoms with Crippen LogP contribution in [0.4, 0.5) is 0 Å². The van der Waals surface area contributed by atoms with Crippen LogP contribution in [0.2, 0.25) is 0 Å². The molecule has 1 heterocycles. The SMILES string of the molecule is CNC(CCCN)c1ccc(C)o1. The lowest BCUT2D eigenvalue weighted by atomic mass is 10.1. The topological polar surface area (TPSA) is 51.2 Å². The summed E-state index contributed by atoms with van der Waals surface area (Å²) >= 11 is 0. The molecule has 3 heteroatoms. The van der Waals surface area contributed by atoms with Crippen molar-refractivity contribution in [3.8, 4) is 0 Å². The minimum absolute atomic E-state index is 0.303. The molecule has 3 nitrogen and oxygen atoms in total. The normalized spacial score (nSPS) is 13.2. The maximum atomic E-state index is 5.53. The molecule has 0 saturated heterocycles. The first kappa shape index (κ1) is 10.3. The third kappa shape index (κ3) is 2.86. The van der Waals surface area contributed by atoms with Gasteiger partial charge in [-0.25, -0.2) is 0 Å². The summed E-state index contributed by atoms with van der Waals surface area (Å²) in [4.78, 5) is 0. The fourth-order valence-corrected chi connectivity index (χ4v) is 1.39. The van der Waals surface area contributed by atoms with E-state index in [1.54, 1.807) is 0 Å². The van der Waals surface area contributed by atoms with Gasteiger partial charge in [-0.1, -0.05) is 0 Å². The molecule has 0 aromatic carbocycles. The maximum Gasteiger partial charge on any atom is 0.121 e. The smallest absolute Gasteiger partial charge is 0.121 e. The molecule has 0 aliphatic rings. The molecular weight excluding hydrogens is 164 g/mol. The quantitative estimate of drug-likeness (QED) is 0.727. The van der Waals surface area contributed by atoms with Gasteiger partial charge in [-0.05, 0) is 45.5 Å². The molecule has 1 unspecified atom stereocenters. The van der Waals surface area contributed by atoms with Gasteiger partial charge in [-0.15, -0.1) is 0 Å². The van der Waals surface area contributed by atoms with Gasteiger partial charge in [-0.3, -0.25) is 0 Å². The molecule has 13 heavy (non-hydrogen) atoms. The van der Waals surface area contributed by atoms with Crippen molar-refractivity contribution in [2.24, 2.45) is 5.73 Å². The van der Waals surface area contributed by atoms with Gasteiger partial charge in [0.2, 0.25) is 0 Å². The average molecular weight is 182 g/mol. The van der Waals surface area contributed by atoms with Crippen LogP contribution in [-0.2, 0) is 0 Å². The molecule has 0 saturated carbocycles. The first-order valence-electron chi connectivity index (χ1n) is 4.71. The van der Waals surface area contributed by atoms with Gasteiger partial charge in [0.15, 0.2) is 0 Å². The van der Waals surface area contributed by atoms with Gasteiger partial charge in [0.1, 0.15) is 11.5 Å². The van der Waals surface area contributed by atoms with Gasteiger partial charge in [0.05, 0.1) is 6.04 Å². The maximum absolute atomic E-state index is 5.53. The van der Waals surface area contributed by atoms with E-state index in [4.69, 9.17) is 10.2 Å². The zero-order valence-corrected chi connectivity index (χ0v) is 8.34. The van der Waals surface area contributed by atoms with Crippen LogP contribution in [0, 0.1) is 6.92 Å². The summed E-state index contributed by atoms with van der Waals surface area (Å²) in [7, 11) is 1.94. The Morgan fingerprint density at radius 1 is 1.54 bits per heavy atom. The molecule has 1 aromatic heterocycles. The van der Waals surface area contributed by atoms with Crippen LogP contribution in [-0.4, -0.2) is 13.6 Å². The largest absolute Gasteiger partial charge is 0.465 e. The minimum Gasteiger partial charge on any atom is -0.465 e. The van der Waals surface area contributed by atoms with Crippen LogP contribution in [0.5, 0.6) is 0 Å². The molecule has 0 amide bonds. The van der Waals surface area contributed by atoms with E-state index in [0.29, 0.717) is 6.04 Å². The second-order valence-electron chi connectivity index (χ2n) is 3.22. The molecule has 1 aromatic rings. The Morgan fingerprint density at radius 3 is 2.77 bits per heavy atom. The predicted octanol–water partition coefficient (Wildman–Crippen LogP) is 1.59. The lowest BCUT2D eigenvalue weighted by Crippen LogP contribution is -2.16. The Hall–Kier alpha value is -0.800. The Balaban J connectivity index is 2.56. The second kappa shape index (κ2) is 5.04. The average Bonchev–Trinajstić information content (AvgIpc) is 2.54. The predicted molar refractivity (Wildman–Crippen MR) is 53.5 cm³/mol. The molecule has 0 spiro atoms. The fourth-order valence-electron chi connectivity index (χ4n) is 1.39. The number of hydrogen-bond acceptors (Lipinski definition) is 3. The summed E-state index contributed by atoms with van der Waals surface area (Å²) in [5.41, 5.74) is 5.46. The highest BCUT2D eigenvalue weighted by molar-refractivity contribution is 5.09. The second-order valence-corrected chi connectivity index (χ2v) is 3.22. The molecule has 74 valence electrons. The lowest BCUT2D eigenvalue weighted by Gasteiger charge is -2.12. The summed E-state index contributed by atoms with van der Waals surface area (Å²) in [6, 6.07) is 4.31. The van der Waals surface area contributed by atoms with Crippen molar-refractivity contribution in [3.05, 3.63) is 23.7 Å². The van der Waals surface area contributed by atoms with Gasteiger partial charge in [-0.2, -0.15) is 0 Å². The van der Waals surface area contributed by atoms with Crippen LogP contribution in [0.25, 0.3) is 0 Å². The van der Waals surface area contributed by atoms with E-state index in [0.717, 1.165) is 30.9 Å². The Morgan fingerprint density at radius 2 is 2.31 bits per heavy atom. The van der Waals surface area contributed by atoms with E-state index in [-0.39, 0.29) is 0 Å². The molecule has 0 fully saturated rings. The van der Waals surface area contributed by atoms with Gasteiger partial charge in [0.25, 0.3) is 0 Å². The minimum atomic E-state index is 0.303. The highest BCUT2D eigenvalue weighted by Gasteiger charge is 2.11. The standard InChI is InChI=1S/C10H18N2O/c1-8-5-6-10(13-8)9(12-2)4-3-7-11/h5-6,9,12H,3-4,7,11H2,1-2H3. The summed E-state index contributed by atoms with van der Waals surface area (Å²) in [5.74, 6) is 1.97. The number of nitrogens with one attached hydrogen (secondary N) is 1. The highest BCUT2D eigenvalue weighted by Crippen LogP contribution is 2.19. The molecule has 0 radical (unpaired) electrons. The van der Waals surface area contributed by atoms with Crippen LogP contribution in [0.15, 0.2) is 16.5 Å². The van der Waals surface area contributed by atoms with E-state index in [1.165, 1.54) is 0 Å². The number of furan rings is 1. The molecule has 3 N–H and O–H groups in total. The molecule has 1 rings (SSSR count). The first-order chi connectivity index (χ1) is 6.27. The van der Waals surface area contributed by atoms with Crippen molar-refractivity contribution >= 4 is 0 Å². The Labute approximate surface area is 79.3 Å². The van der Waals surface area contributed by atoms with Crippen LogP contribution in [0.3, 0.4) is 0 Å². The Kier molecular flexibility index (Phi) is 3.99. The van der Waals surface area contributed by atoms with Crippen molar-refractivity contribution < 1.29 is 4.42 Å². The van der Waals surface area contributed by atoms with Gasteiger partial charge < -0.3 is 15.5 Å². The van der Waals surface area contributed by atoms with Crippen molar-refractivity contribution in [1.29, 1.82) is 0 Å². The van der Waals surface area contributed by atoms with Crippen molar-refractivity contribution in [3.63, 3.8) is 0 Å². The lowest BCUT2D eigenvalue weighted by molar-refractivity contribution is 0.397. The molecule has 0 aliphatic heterocycles. The monoisotopic (exact) mass is 182 g/mol. The van der Waals surface area contributed by atoms with E-state index >= 15 is 0 Å². The van der Waals surface area contributed by atoms with E-state index in [2.05, 4.69) is 5.32 Å². The molecule has 0 bridgehead atoms. The number of aryl methyl sites for hydroxylation is 1. The van der Waals surface area contributed by atoms with Crippen molar-refractivity contribution in [1.82, 2.24) is 5.32 Å². The zero-order valence-electron chi connectivity index (χ0n) is 8.34. The number of nitrogens with two attached hydrogens (primary N) is 1. The number of rotatable bonds is 5. The van der Waals surface area contributed by atoms with Crippen LogP contribution < -0.4 is 11.1 Å². The van der Waals surface area contributed by atoms with Gasteiger partial charge in [0, 0.05) is 0 Å². The van der Waals surface area contributed by atoms with E-state index in [1.807, 2.05) is 26.1 Å². The third-order valence-electron chi connectivity index (χ3n) is 2.15. The number of hydrogen-bond donors (Lipinski definition) is 2. The highest BCUT2D eigenvalue weighted by atomic mass is 16.3. The summed E-state index contributed by atoms with van der Waals surface area (Å²) in [5, 5.41) is 3.22.